The molecule has 0 amide bonds. The first-order chi connectivity index (χ1) is 8.67. The van der Waals surface area contributed by atoms with Crippen molar-refractivity contribution in [1.29, 1.82) is 0 Å². The fourth-order valence-electron chi connectivity index (χ4n) is 1.85. The Morgan fingerprint density at radius 1 is 1.28 bits per heavy atom. The van der Waals surface area contributed by atoms with Crippen LogP contribution in [0.3, 0.4) is 0 Å². The second kappa shape index (κ2) is 8.51. The van der Waals surface area contributed by atoms with Crippen molar-refractivity contribution in [1.82, 2.24) is 4.90 Å². The zero-order valence-electron chi connectivity index (χ0n) is 11.4. The number of ether oxygens (including phenoxy) is 2. The molecule has 0 aromatic heterocycles. The Kier molecular flexibility index (Phi) is 7.32. The normalized spacial score (nSPS) is 12.7. The molecule has 0 aliphatic heterocycles. The SMILES string of the molecule is CCN(CCOc1ccc(Br)cc1)C(C)COC. The summed E-state index contributed by atoms with van der Waals surface area (Å²) in [6.07, 6.45) is 0. The summed E-state index contributed by atoms with van der Waals surface area (Å²) in [5, 5.41) is 0. The second-order valence-corrected chi connectivity index (χ2v) is 5.15. The topological polar surface area (TPSA) is 21.7 Å². The van der Waals surface area contributed by atoms with E-state index in [2.05, 4.69) is 34.7 Å². The fraction of sp³-hybridized carbons (Fsp3) is 0.571. The van der Waals surface area contributed by atoms with Gasteiger partial charge in [-0.1, -0.05) is 22.9 Å². The Morgan fingerprint density at radius 3 is 2.50 bits per heavy atom. The van der Waals surface area contributed by atoms with Crippen LogP contribution in [0.1, 0.15) is 13.8 Å². The van der Waals surface area contributed by atoms with Crippen LogP contribution in [-0.2, 0) is 4.74 Å². The highest BCUT2D eigenvalue weighted by Crippen LogP contribution is 2.16. The Hall–Kier alpha value is -0.580. The lowest BCUT2D eigenvalue weighted by Crippen LogP contribution is -2.38. The molecule has 0 saturated heterocycles. The van der Waals surface area contributed by atoms with Crippen LogP contribution in [0.5, 0.6) is 5.75 Å². The molecule has 1 rings (SSSR count). The van der Waals surface area contributed by atoms with E-state index >= 15 is 0 Å². The molecule has 0 aliphatic rings. The quantitative estimate of drug-likeness (QED) is 0.735. The van der Waals surface area contributed by atoms with Crippen molar-refractivity contribution < 1.29 is 9.47 Å². The van der Waals surface area contributed by atoms with Crippen molar-refractivity contribution in [2.24, 2.45) is 0 Å². The van der Waals surface area contributed by atoms with E-state index in [-0.39, 0.29) is 0 Å². The Balaban J connectivity index is 2.32. The zero-order chi connectivity index (χ0) is 13.4. The van der Waals surface area contributed by atoms with Gasteiger partial charge < -0.3 is 9.47 Å². The molecule has 0 saturated carbocycles. The third-order valence-corrected chi connectivity index (χ3v) is 3.43. The summed E-state index contributed by atoms with van der Waals surface area (Å²) in [5.41, 5.74) is 0. The van der Waals surface area contributed by atoms with Gasteiger partial charge in [0.15, 0.2) is 0 Å². The van der Waals surface area contributed by atoms with Gasteiger partial charge in [-0.25, -0.2) is 0 Å². The molecule has 0 N–H and O–H groups in total. The minimum absolute atomic E-state index is 0.425. The molecule has 102 valence electrons. The van der Waals surface area contributed by atoms with Gasteiger partial charge in [0, 0.05) is 24.2 Å². The minimum Gasteiger partial charge on any atom is -0.492 e. The third kappa shape index (κ3) is 5.38. The summed E-state index contributed by atoms with van der Waals surface area (Å²) in [4.78, 5) is 2.35. The Labute approximate surface area is 118 Å². The van der Waals surface area contributed by atoms with E-state index in [1.807, 2.05) is 24.3 Å². The van der Waals surface area contributed by atoms with Crippen LogP contribution in [-0.4, -0.2) is 44.4 Å². The van der Waals surface area contributed by atoms with Crippen molar-refractivity contribution in [3.63, 3.8) is 0 Å². The lowest BCUT2D eigenvalue weighted by Gasteiger charge is -2.27. The van der Waals surface area contributed by atoms with E-state index in [0.29, 0.717) is 12.6 Å². The molecule has 0 fully saturated rings. The highest BCUT2D eigenvalue weighted by molar-refractivity contribution is 9.10. The molecule has 0 spiro atoms. The summed E-state index contributed by atoms with van der Waals surface area (Å²) in [6.45, 7) is 7.71. The van der Waals surface area contributed by atoms with Gasteiger partial charge in [-0.3, -0.25) is 4.90 Å². The second-order valence-electron chi connectivity index (χ2n) is 4.24. The largest absolute Gasteiger partial charge is 0.492 e. The van der Waals surface area contributed by atoms with E-state index in [1.54, 1.807) is 7.11 Å². The summed E-state index contributed by atoms with van der Waals surface area (Å²) in [5.74, 6) is 0.911. The maximum absolute atomic E-state index is 5.72. The van der Waals surface area contributed by atoms with Gasteiger partial charge in [0.1, 0.15) is 12.4 Å². The molecule has 0 bridgehead atoms. The van der Waals surface area contributed by atoms with Gasteiger partial charge in [-0.15, -0.1) is 0 Å². The van der Waals surface area contributed by atoms with Crippen LogP contribution in [0.15, 0.2) is 28.7 Å². The summed E-state index contributed by atoms with van der Waals surface area (Å²) >= 11 is 3.41. The molecule has 1 aromatic rings. The number of methoxy groups -OCH3 is 1. The summed E-state index contributed by atoms with van der Waals surface area (Å²) in [7, 11) is 1.74. The van der Waals surface area contributed by atoms with Gasteiger partial charge in [0.2, 0.25) is 0 Å². The number of hydrogen-bond donors (Lipinski definition) is 0. The number of likely N-dealkylation sites (N-methyl/N-ethyl adjacent to an activating group) is 1. The Bertz CT molecular complexity index is 329. The fourth-order valence-corrected chi connectivity index (χ4v) is 2.11. The van der Waals surface area contributed by atoms with Crippen LogP contribution in [0, 0.1) is 0 Å². The lowest BCUT2D eigenvalue weighted by atomic mass is 10.3. The standard InChI is InChI=1S/C14H22BrNO2/c1-4-16(12(2)11-17-3)9-10-18-14-7-5-13(15)6-8-14/h5-8,12H,4,9-11H2,1-3H3. The molecule has 0 heterocycles. The molecule has 4 heteroatoms. The predicted octanol–water partition coefficient (Wildman–Crippen LogP) is 3.18. The predicted molar refractivity (Wildman–Crippen MR) is 78.2 cm³/mol. The molecular formula is C14H22BrNO2. The van der Waals surface area contributed by atoms with Gasteiger partial charge in [-0.05, 0) is 37.7 Å². The molecule has 0 radical (unpaired) electrons. The average molecular weight is 316 g/mol. The molecule has 0 aliphatic carbocycles. The smallest absolute Gasteiger partial charge is 0.119 e. The first kappa shape index (κ1) is 15.5. The first-order valence-corrected chi connectivity index (χ1v) is 7.08. The van der Waals surface area contributed by atoms with E-state index < -0.39 is 0 Å². The van der Waals surface area contributed by atoms with Crippen molar-refractivity contribution in [3.05, 3.63) is 28.7 Å². The molecule has 3 nitrogen and oxygen atoms in total. The van der Waals surface area contributed by atoms with E-state index in [4.69, 9.17) is 9.47 Å². The lowest BCUT2D eigenvalue weighted by molar-refractivity contribution is 0.0920. The van der Waals surface area contributed by atoms with Gasteiger partial charge in [0.05, 0.1) is 6.61 Å². The van der Waals surface area contributed by atoms with Gasteiger partial charge in [-0.2, -0.15) is 0 Å². The Morgan fingerprint density at radius 2 is 1.94 bits per heavy atom. The summed E-state index contributed by atoms with van der Waals surface area (Å²) < 4.78 is 12.0. The average Bonchev–Trinajstić information content (AvgIpc) is 2.37. The number of benzene rings is 1. The molecular weight excluding hydrogens is 294 g/mol. The molecule has 18 heavy (non-hydrogen) atoms. The first-order valence-electron chi connectivity index (χ1n) is 6.28. The highest BCUT2D eigenvalue weighted by Gasteiger charge is 2.11. The minimum atomic E-state index is 0.425. The highest BCUT2D eigenvalue weighted by atomic mass is 79.9. The van der Waals surface area contributed by atoms with Crippen LogP contribution < -0.4 is 4.74 Å². The van der Waals surface area contributed by atoms with Crippen LogP contribution in [0.2, 0.25) is 0 Å². The molecule has 1 atom stereocenters. The van der Waals surface area contributed by atoms with E-state index in [0.717, 1.165) is 29.9 Å². The zero-order valence-corrected chi connectivity index (χ0v) is 12.9. The van der Waals surface area contributed by atoms with Crippen molar-refractivity contribution in [3.8, 4) is 5.75 Å². The number of rotatable bonds is 8. The van der Waals surface area contributed by atoms with Gasteiger partial charge >= 0.3 is 0 Å². The molecule has 1 aromatic carbocycles. The van der Waals surface area contributed by atoms with E-state index in [9.17, 15) is 0 Å². The number of nitrogens with zero attached hydrogens (tertiary/aromatic N) is 1. The maximum Gasteiger partial charge on any atom is 0.119 e. The van der Waals surface area contributed by atoms with Crippen molar-refractivity contribution >= 4 is 15.9 Å². The summed E-state index contributed by atoms with van der Waals surface area (Å²) in [6, 6.07) is 8.34. The number of halogens is 1. The third-order valence-electron chi connectivity index (χ3n) is 2.90. The van der Waals surface area contributed by atoms with Crippen LogP contribution in [0.4, 0.5) is 0 Å². The maximum atomic E-state index is 5.72. The van der Waals surface area contributed by atoms with Crippen LogP contribution >= 0.6 is 15.9 Å². The van der Waals surface area contributed by atoms with Crippen molar-refractivity contribution in [2.45, 2.75) is 19.9 Å². The van der Waals surface area contributed by atoms with Crippen LogP contribution in [0.25, 0.3) is 0 Å². The number of hydrogen-bond acceptors (Lipinski definition) is 3. The molecule has 1 unspecified atom stereocenters. The van der Waals surface area contributed by atoms with Crippen molar-refractivity contribution in [2.75, 3.05) is 33.4 Å². The van der Waals surface area contributed by atoms with Gasteiger partial charge in [0.25, 0.3) is 0 Å². The van der Waals surface area contributed by atoms with E-state index in [1.165, 1.54) is 0 Å². The monoisotopic (exact) mass is 315 g/mol.